The van der Waals surface area contributed by atoms with Gasteiger partial charge in [-0.2, -0.15) is 0 Å². The van der Waals surface area contributed by atoms with E-state index < -0.39 is 5.60 Å². The summed E-state index contributed by atoms with van der Waals surface area (Å²) in [5.41, 5.74) is 6.93. The lowest BCUT2D eigenvalue weighted by Gasteiger charge is -2.33. The van der Waals surface area contributed by atoms with E-state index in [9.17, 15) is 9.90 Å². The Kier molecular flexibility index (Phi) is 2.62. The van der Waals surface area contributed by atoms with Crippen LogP contribution in [-0.2, 0) is 6.54 Å². The van der Waals surface area contributed by atoms with Crippen molar-refractivity contribution in [1.82, 2.24) is 4.90 Å². The average Bonchev–Trinajstić information content (AvgIpc) is 2.55. The van der Waals surface area contributed by atoms with Gasteiger partial charge in [-0.05, 0) is 32.4 Å². The second kappa shape index (κ2) is 3.74. The van der Waals surface area contributed by atoms with Crippen molar-refractivity contribution < 1.29 is 9.90 Å². The van der Waals surface area contributed by atoms with Crippen LogP contribution in [0.1, 0.15) is 36.7 Å². The Bertz CT molecular complexity index is 463. The van der Waals surface area contributed by atoms with Gasteiger partial charge in [0.2, 0.25) is 0 Å². The van der Waals surface area contributed by atoms with E-state index in [1.54, 1.807) is 24.8 Å². The van der Waals surface area contributed by atoms with Gasteiger partial charge in [0, 0.05) is 12.2 Å². The Morgan fingerprint density at radius 2 is 2.12 bits per heavy atom. The number of hydrogen-bond donors (Lipinski definition) is 2. The Morgan fingerprint density at radius 3 is 2.65 bits per heavy atom. The largest absolute Gasteiger partial charge is 0.398 e. The molecule has 0 unspecified atom stereocenters. The third-order valence-corrected chi connectivity index (χ3v) is 3.49. The molecule has 17 heavy (non-hydrogen) atoms. The van der Waals surface area contributed by atoms with E-state index in [-0.39, 0.29) is 11.9 Å². The summed E-state index contributed by atoms with van der Waals surface area (Å²) < 4.78 is 0. The molecule has 1 atom stereocenters. The summed E-state index contributed by atoms with van der Waals surface area (Å²) in [5.74, 6) is -0.0901. The standard InChI is InChI=1S/C13H18N2O2/c1-8(13(2,3)17)15-7-9-5-4-6-10(14)11(9)12(15)16/h4-6,8,17H,7,14H2,1-3H3/t8-/m1/s1. The number of rotatable bonds is 2. The number of anilines is 1. The van der Waals surface area contributed by atoms with Gasteiger partial charge in [0.15, 0.2) is 0 Å². The predicted molar refractivity (Wildman–Crippen MR) is 66.5 cm³/mol. The number of nitrogens with zero attached hydrogens (tertiary/aromatic N) is 1. The number of carbonyl (C=O) groups is 1. The number of amides is 1. The molecule has 0 radical (unpaired) electrons. The van der Waals surface area contributed by atoms with Gasteiger partial charge in [0.05, 0.1) is 17.2 Å². The first-order chi connectivity index (χ1) is 7.82. The zero-order chi connectivity index (χ0) is 12.8. The quantitative estimate of drug-likeness (QED) is 0.760. The van der Waals surface area contributed by atoms with Crippen LogP contribution < -0.4 is 5.73 Å². The summed E-state index contributed by atoms with van der Waals surface area (Å²) in [5, 5.41) is 9.99. The van der Waals surface area contributed by atoms with Crippen molar-refractivity contribution in [3.05, 3.63) is 29.3 Å². The zero-order valence-corrected chi connectivity index (χ0v) is 10.4. The van der Waals surface area contributed by atoms with Crippen molar-refractivity contribution in [1.29, 1.82) is 0 Å². The van der Waals surface area contributed by atoms with Gasteiger partial charge in [-0.25, -0.2) is 0 Å². The fourth-order valence-electron chi connectivity index (χ4n) is 2.11. The molecule has 3 N–H and O–H groups in total. The van der Waals surface area contributed by atoms with Crippen LogP contribution in [0.5, 0.6) is 0 Å². The monoisotopic (exact) mass is 234 g/mol. The molecule has 0 saturated heterocycles. The first kappa shape index (κ1) is 11.9. The summed E-state index contributed by atoms with van der Waals surface area (Å²) in [7, 11) is 0. The Morgan fingerprint density at radius 1 is 1.47 bits per heavy atom. The summed E-state index contributed by atoms with van der Waals surface area (Å²) >= 11 is 0. The minimum absolute atomic E-state index is 0.0901. The maximum atomic E-state index is 12.2. The first-order valence-electron chi connectivity index (χ1n) is 5.73. The molecule has 0 saturated carbocycles. The molecule has 1 aliphatic heterocycles. The van der Waals surface area contributed by atoms with Gasteiger partial charge in [-0.1, -0.05) is 12.1 Å². The van der Waals surface area contributed by atoms with Crippen LogP contribution >= 0.6 is 0 Å². The molecule has 0 fully saturated rings. The summed E-state index contributed by atoms with van der Waals surface area (Å²) in [6.07, 6.45) is 0. The number of nitrogens with two attached hydrogens (primary N) is 1. The van der Waals surface area contributed by atoms with E-state index >= 15 is 0 Å². The van der Waals surface area contributed by atoms with Crippen molar-refractivity contribution >= 4 is 11.6 Å². The summed E-state index contributed by atoms with van der Waals surface area (Å²) in [6.45, 7) is 5.78. The Hall–Kier alpha value is -1.55. The normalized spacial score (nSPS) is 17.2. The van der Waals surface area contributed by atoms with Crippen LogP contribution in [0.4, 0.5) is 5.69 Å². The highest BCUT2D eigenvalue weighted by Gasteiger charge is 2.37. The van der Waals surface area contributed by atoms with Gasteiger partial charge < -0.3 is 15.7 Å². The number of benzene rings is 1. The molecule has 0 spiro atoms. The highest BCUT2D eigenvalue weighted by molar-refractivity contribution is 6.03. The molecule has 1 aromatic rings. The number of carbonyl (C=O) groups excluding carboxylic acids is 1. The lowest BCUT2D eigenvalue weighted by Crippen LogP contribution is -2.47. The maximum Gasteiger partial charge on any atom is 0.256 e. The highest BCUT2D eigenvalue weighted by Crippen LogP contribution is 2.31. The molecule has 92 valence electrons. The molecule has 1 amide bonds. The second-order valence-electron chi connectivity index (χ2n) is 5.14. The van der Waals surface area contributed by atoms with Gasteiger partial charge in [-0.15, -0.1) is 0 Å². The van der Waals surface area contributed by atoms with E-state index in [0.29, 0.717) is 17.8 Å². The number of nitrogen functional groups attached to an aromatic ring is 1. The number of aliphatic hydroxyl groups is 1. The Balaban J connectivity index is 2.36. The topological polar surface area (TPSA) is 66.6 Å². The molecule has 1 aromatic carbocycles. The maximum absolute atomic E-state index is 12.2. The summed E-state index contributed by atoms with van der Waals surface area (Å²) in [6, 6.07) is 5.23. The molecule has 2 rings (SSSR count). The van der Waals surface area contributed by atoms with E-state index in [1.807, 2.05) is 19.1 Å². The minimum atomic E-state index is -0.924. The van der Waals surface area contributed by atoms with Crippen molar-refractivity contribution in [2.24, 2.45) is 0 Å². The molecule has 0 bridgehead atoms. The third-order valence-electron chi connectivity index (χ3n) is 3.49. The molecular formula is C13H18N2O2. The van der Waals surface area contributed by atoms with E-state index in [1.165, 1.54) is 0 Å². The Labute approximate surface area is 101 Å². The van der Waals surface area contributed by atoms with Crippen molar-refractivity contribution in [3.8, 4) is 0 Å². The van der Waals surface area contributed by atoms with Crippen LogP contribution in [0.3, 0.4) is 0 Å². The minimum Gasteiger partial charge on any atom is -0.398 e. The van der Waals surface area contributed by atoms with Gasteiger partial charge in [-0.3, -0.25) is 4.79 Å². The average molecular weight is 234 g/mol. The fraction of sp³-hybridized carbons (Fsp3) is 0.462. The molecule has 4 heteroatoms. The van der Waals surface area contributed by atoms with Crippen LogP contribution in [0.2, 0.25) is 0 Å². The van der Waals surface area contributed by atoms with Crippen LogP contribution in [-0.4, -0.2) is 27.6 Å². The molecule has 0 aromatic heterocycles. The van der Waals surface area contributed by atoms with Gasteiger partial charge in [0.1, 0.15) is 0 Å². The first-order valence-corrected chi connectivity index (χ1v) is 5.73. The number of fused-ring (bicyclic) bond motifs is 1. The van der Waals surface area contributed by atoms with E-state index in [2.05, 4.69) is 0 Å². The smallest absolute Gasteiger partial charge is 0.256 e. The zero-order valence-electron chi connectivity index (χ0n) is 10.4. The van der Waals surface area contributed by atoms with Crippen molar-refractivity contribution in [2.45, 2.75) is 39.0 Å². The van der Waals surface area contributed by atoms with Crippen LogP contribution in [0, 0.1) is 0 Å². The van der Waals surface area contributed by atoms with Gasteiger partial charge in [0.25, 0.3) is 5.91 Å². The molecule has 1 heterocycles. The fourth-order valence-corrected chi connectivity index (χ4v) is 2.11. The third kappa shape index (κ3) is 1.89. The van der Waals surface area contributed by atoms with Crippen molar-refractivity contribution in [3.63, 3.8) is 0 Å². The highest BCUT2D eigenvalue weighted by atomic mass is 16.3. The molecule has 0 aliphatic carbocycles. The molecular weight excluding hydrogens is 216 g/mol. The van der Waals surface area contributed by atoms with E-state index in [4.69, 9.17) is 5.73 Å². The molecule has 1 aliphatic rings. The summed E-state index contributed by atoms with van der Waals surface area (Å²) in [4.78, 5) is 13.9. The van der Waals surface area contributed by atoms with Crippen molar-refractivity contribution in [2.75, 3.05) is 5.73 Å². The second-order valence-corrected chi connectivity index (χ2v) is 5.14. The number of hydrogen-bond acceptors (Lipinski definition) is 3. The predicted octanol–water partition coefficient (Wildman–Crippen LogP) is 1.38. The molecule has 4 nitrogen and oxygen atoms in total. The van der Waals surface area contributed by atoms with Crippen LogP contribution in [0.15, 0.2) is 18.2 Å². The lowest BCUT2D eigenvalue weighted by molar-refractivity contribution is -0.00644. The lowest BCUT2D eigenvalue weighted by atomic mass is 9.99. The van der Waals surface area contributed by atoms with Crippen LogP contribution in [0.25, 0.3) is 0 Å². The van der Waals surface area contributed by atoms with E-state index in [0.717, 1.165) is 5.56 Å². The SMILES string of the molecule is C[C@@H](N1Cc2cccc(N)c2C1=O)C(C)(C)O. The van der Waals surface area contributed by atoms with Gasteiger partial charge >= 0.3 is 0 Å².